The number of nitrogens with one attached hydrogen (secondary N) is 1. The average Bonchev–Trinajstić information content (AvgIpc) is 2.29. The second-order valence-electron chi connectivity index (χ2n) is 3.72. The molecule has 0 aliphatic carbocycles. The van der Waals surface area contributed by atoms with Crippen LogP contribution in [0.4, 0.5) is 4.39 Å². The quantitative estimate of drug-likeness (QED) is 0.766. The Bertz CT molecular complexity index is 416. The number of hydrogen-bond acceptors (Lipinski definition) is 2. The summed E-state index contributed by atoms with van der Waals surface area (Å²) < 4.78 is 12.9. The van der Waals surface area contributed by atoms with Crippen LogP contribution in [0.2, 0.25) is 0 Å². The van der Waals surface area contributed by atoms with Gasteiger partial charge in [-0.25, -0.2) is 4.39 Å². The molecule has 1 aromatic rings. The van der Waals surface area contributed by atoms with Crippen molar-refractivity contribution in [2.24, 2.45) is 5.73 Å². The van der Waals surface area contributed by atoms with Crippen LogP contribution in [0.3, 0.4) is 0 Å². The van der Waals surface area contributed by atoms with Crippen molar-refractivity contribution in [3.8, 4) is 0 Å². The van der Waals surface area contributed by atoms with E-state index >= 15 is 0 Å². The van der Waals surface area contributed by atoms with Gasteiger partial charge in [0.15, 0.2) is 0 Å². The summed E-state index contributed by atoms with van der Waals surface area (Å²) in [6.45, 7) is 2.39. The third kappa shape index (κ3) is 4.78. The van der Waals surface area contributed by atoms with Gasteiger partial charge in [-0.15, -0.1) is 0 Å². The molecule has 0 unspecified atom stereocenters. The molecule has 0 aromatic heterocycles. The average molecular weight is 236 g/mol. The first-order chi connectivity index (χ1) is 8.13. The van der Waals surface area contributed by atoms with E-state index in [4.69, 9.17) is 5.73 Å². The summed E-state index contributed by atoms with van der Waals surface area (Å²) in [5.74, 6) is -0.316. The predicted octanol–water partition coefficient (Wildman–Crippen LogP) is 1.82. The fraction of sp³-hybridized carbons (Fsp3) is 0.308. The molecule has 92 valence electrons. The Morgan fingerprint density at radius 3 is 2.94 bits per heavy atom. The Morgan fingerprint density at radius 1 is 1.53 bits per heavy atom. The number of amides is 1. The van der Waals surface area contributed by atoms with Gasteiger partial charge >= 0.3 is 0 Å². The van der Waals surface area contributed by atoms with Crippen LogP contribution in [-0.2, 0) is 11.3 Å². The third-order valence-corrected chi connectivity index (χ3v) is 2.31. The number of carbonyl (C=O) groups is 1. The zero-order valence-corrected chi connectivity index (χ0v) is 9.87. The maximum absolute atomic E-state index is 12.9. The summed E-state index contributed by atoms with van der Waals surface area (Å²) in [5, 5.41) is 2.69. The van der Waals surface area contributed by atoms with Crippen molar-refractivity contribution in [2.45, 2.75) is 19.9 Å². The molecular formula is C13H17FN2O. The van der Waals surface area contributed by atoms with E-state index in [-0.39, 0.29) is 11.7 Å². The third-order valence-electron chi connectivity index (χ3n) is 2.31. The molecule has 0 aliphatic heterocycles. The molecule has 0 saturated heterocycles. The first-order valence-corrected chi connectivity index (χ1v) is 5.53. The molecule has 17 heavy (non-hydrogen) atoms. The van der Waals surface area contributed by atoms with E-state index in [0.29, 0.717) is 13.1 Å². The minimum absolute atomic E-state index is 0.0390. The van der Waals surface area contributed by atoms with Gasteiger partial charge in [0.05, 0.1) is 0 Å². The van der Waals surface area contributed by atoms with Crippen LogP contribution >= 0.6 is 0 Å². The second-order valence-corrected chi connectivity index (χ2v) is 3.72. The molecule has 0 radical (unpaired) electrons. The van der Waals surface area contributed by atoms with Crippen LogP contribution in [0.25, 0.3) is 6.08 Å². The van der Waals surface area contributed by atoms with E-state index in [9.17, 15) is 9.18 Å². The molecule has 1 amide bonds. The monoisotopic (exact) mass is 236 g/mol. The van der Waals surface area contributed by atoms with Crippen LogP contribution in [0.1, 0.15) is 24.5 Å². The molecular weight excluding hydrogens is 219 g/mol. The van der Waals surface area contributed by atoms with Gasteiger partial charge in [-0.2, -0.15) is 0 Å². The lowest BCUT2D eigenvalue weighted by molar-refractivity contribution is -0.118. The molecule has 1 aromatic carbocycles. The largest absolute Gasteiger partial charge is 0.356 e. The van der Waals surface area contributed by atoms with E-state index in [1.165, 1.54) is 19.1 Å². The first kappa shape index (κ1) is 13.4. The summed E-state index contributed by atoms with van der Waals surface area (Å²) in [5.41, 5.74) is 7.22. The fourth-order valence-electron chi connectivity index (χ4n) is 1.46. The van der Waals surface area contributed by atoms with E-state index in [1.54, 1.807) is 6.07 Å². The Hall–Kier alpha value is -1.68. The molecule has 0 spiro atoms. The van der Waals surface area contributed by atoms with Crippen LogP contribution in [0.15, 0.2) is 24.3 Å². The molecule has 0 fully saturated rings. The number of carbonyl (C=O) groups excluding carboxylic acids is 1. The van der Waals surface area contributed by atoms with Crippen molar-refractivity contribution in [3.63, 3.8) is 0 Å². The fourth-order valence-corrected chi connectivity index (χ4v) is 1.46. The summed E-state index contributed by atoms with van der Waals surface area (Å²) in [7, 11) is 0. The topological polar surface area (TPSA) is 55.1 Å². The Labute approximate surface area is 101 Å². The highest BCUT2D eigenvalue weighted by molar-refractivity contribution is 5.72. The molecule has 3 N–H and O–H groups in total. The number of hydrogen-bond donors (Lipinski definition) is 2. The molecule has 4 heteroatoms. The van der Waals surface area contributed by atoms with Crippen molar-refractivity contribution in [3.05, 3.63) is 41.2 Å². The minimum atomic E-state index is -0.277. The van der Waals surface area contributed by atoms with Crippen LogP contribution in [0.5, 0.6) is 0 Å². The van der Waals surface area contributed by atoms with Crippen molar-refractivity contribution < 1.29 is 9.18 Å². The summed E-state index contributed by atoms with van der Waals surface area (Å²) >= 11 is 0. The normalized spacial score (nSPS) is 10.8. The summed E-state index contributed by atoms with van der Waals surface area (Å²) in [6, 6.07) is 4.55. The Morgan fingerprint density at radius 2 is 2.29 bits per heavy atom. The molecule has 0 aliphatic rings. The summed E-state index contributed by atoms with van der Waals surface area (Å²) in [6.07, 6.45) is 4.56. The number of benzene rings is 1. The Balaban J connectivity index is 2.55. The zero-order chi connectivity index (χ0) is 12.7. The zero-order valence-electron chi connectivity index (χ0n) is 9.87. The van der Waals surface area contributed by atoms with E-state index < -0.39 is 0 Å². The lowest BCUT2D eigenvalue weighted by atomic mass is 10.1. The van der Waals surface area contributed by atoms with Gasteiger partial charge in [0.25, 0.3) is 0 Å². The highest BCUT2D eigenvalue weighted by atomic mass is 19.1. The second kappa shape index (κ2) is 6.81. The van der Waals surface area contributed by atoms with E-state index in [0.717, 1.165) is 17.5 Å². The molecule has 0 saturated carbocycles. The van der Waals surface area contributed by atoms with Gasteiger partial charge in [-0.3, -0.25) is 4.79 Å². The van der Waals surface area contributed by atoms with Crippen LogP contribution in [-0.4, -0.2) is 12.5 Å². The molecule has 0 heterocycles. The lowest BCUT2D eigenvalue weighted by Crippen LogP contribution is -2.20. The van der Waals surface area contributed by atoms with E-state index in [1.807, 2.05) is 12.2 Å². The van der Waals surface area contributed by atoms with Gasteiger partial charge in [-0.1, -0.05) is 18.2 Å². The summed E-state index contributed by atoms with van der Waals surface area (Å²) in [4.78, 5) is 10.6. The van der Waals surface area contributed by atoms with Gasteiger partial charge in [0.1, 0.15) is 5.82 Å². The van der Waals surface area contributed by atoms with Gasteiger partial charge in [0, 0.05) is 20.0 Å². The van der Waals surface area contributed by atoms with Crippen LogP contribution < -0.4 is 11.1 Å². The van der Waals surface area contributed by atoms with Crippen LogP contribution in [0, 0.1) is 5.82 Å². The number of rotatable bonds is 5. The van der Waals surface area contributed by atoms with Crippen molar-refractivity contribution in [1.29, 1.82) is 0 Å². The van der Waals surface area contributed by atoms with Crippen molar-refractivity contribution >= 4 is 12.0 Å². The van der Waals surface area contributed by atoms with Crippen molar-refractivity contribution in [1.82, 2.24) is 5.32 Å². The smallest absolute Gasteiger partial charge is 0.216 e. The molecule has 1 rings (SSSR count). The van der Waals surface area contributed by atoms with E-state index in [2.05, 4.69) is 5.32 Å². The van der Waals surface area contributed by atoms with Crippen molar-refractivity contribution in [2.75, 3.05) is 6.54 Å². The molecule has 0 bridgehead atoms. The lowest BCUT2D eigenvalue weighted by Gasteiger charge is -2.03. The van der Waals surface area contributed by atoms with Gasteiger partial charge in [-0.05, 0) is 29.7 Å². The highest BCUT2D eigenvalue weighted by Crippen LogP contribution is 2.12. The minimum Gasteiger partial charge on any atom is -0.356 e. The number of nitrogens with two attached hydrogens (primary N) is 1. The van der Waals surface area contributed by atoms with Gasteiger partial charge < -0.3 is 11.1 Å². The standard InChI is InChI=1S/C13H17FN2O/c1-10(17)16-7-3-2-4-11-5-6-13(14)8-12(11)9-15/h2,4-6,8H,3,7,9,15H2,1H3,(H,16,17). The number of halogens is 1. The highest BCUT2D eigenvalue weighted by Gasteiger charge is 1.99. The molecule has 0 atom stereocenters. The maximum Gasteiger partial charge on any atom is 0.216 e. The Kier molecular flexibility index (Phi) is 5.36. The predicted molar refractivity (Wildman–Crippen MR) is 66.6 cm³/mol. The molecule has 3 nitrogen and oxygen atoms in total. The van der Waals surface area contributed by atoms with Gasteiger partial charge in [0.2, 0.25) is 5.91 Å². The SMILES string of the molecule is CC(=O)NCCC=Cc1ccc(F)cc1CN. The first-order valence-electron chi connectivity index (χ1n) is 5.53. The maximum atomic E-state index is 12.9.